The molecule has 1 aromatic carbocycles. The largest absolute Gasteiger partial charge is 0.504 e. The van der Waals surface area contributed by atoms with Crippen LogP contribution in [0.4, 0.5) is 0 Å². The molecule has 4 heteroatoms. The van der Waals surface area contributed by atoms with Crippen LogP contribution in [0.1, 0.15) is 25.3 Å². The van der Waals surface area contributed by atoms with Crippen LogP contribution in [0.25, 0.3) is 6.08 Å². The highest BCUT2D eigenvalue weighted by Gasteiger charge is 2.08. The van der Waals surface area contributed by atoms with E-state index in [0.717, 1.165) is 6.42 Å². The third-order valence-electron chi connectivity index (χ3n) is 2.61. The number of methoxy groups -OCH3 is 1. The van der Waals surface area contributed by atoms with E-state index in [0.29, 0.717) is 11.3 Å². The normalized spacial score (nSPS) is 11.1. The first-order chi connectivity index (χ1) is 9.58. The number of phenols is 1. The van der Waals surface area contributed by atoms with Crippen LogP contribution in [0, 0.1) is 0 Å². The summed E-state index contributed by atoms with van der Waals surface area (Å²) >= 11 is 0. The van der Waals surface area contributed by atoms with Crippen LogP contribution in [0.2, 0.25) is 0 Å². The van der Waals surface area contributed by atoms with Gasteiger partial charge in [0.05, 0.1) is 7.11 Å². The lowest BCUT2D eigenvalue weighted by molar-refractivity contribution is -0.133. The van der Waals surface area contributed by atoms with Crippen molar-refractivity contribution in [1.82, 2.24) is 0 Å². The minimum absolute atomic E-state index is 0.0248. The number of rotatable bonds is 7. The van der Waals surface area contributed by atoms with E-state index in [2.05, 4.69) is 0 Å². The Bertz CT molecular complexity index is 541. The number of phenolic OH excluding ortho intramolecular Hbond substituents is 1. The van der Waals surface area contributed by atoms with E-state index in [9.17, 15) is 14.7 Å². The zero-order valence-electron chi connectivity index (χ0n) is 11.6. The van der Waals surface area contributed by atoms with Gasteiger partial charge in [0, 0.05) is 6.42 Å². The fourth-order valence-corrected chi connectivity index (χ4v) is 1.52. The molecule has 0 aliphatic heterocycles. The van der Waals surface area contributed by atoms with Gasteiger partial charge in [0.25, 0.3) is 0 Å². The number of hydrogen-bond acceptors (Lipinski definition) is 4. The summed E-state index contributed by atoms with van der Waals surface area (Å²) in [5, 5.41) is 9.44. The molecular weight excluding hydrogens is 256 g/mol. The molecule has 0 heterocycles. The van der Waals surface area contributed by atoms with Crippen LogP contribution < -0.4 is 4.74 Å². The molecule has 1 N–H and O–H groups in total. The Labute approximate surface area is 118 Å². The molecule has 0 spiro atoms. The summed E-state index contributed by atoms with van der Waals surface area (Å²) in [7, 11) is 1.44. The molecule has 0 bridgehead atoms. The van der Waals surface area contributed by atoms with Crippen molar-refractivity contribution >= 4 is 17.6 Å². The predicted molar refractivity (Wildman–Crippen MR) is 77.8 cm³/mol. The van der Waals surface area contributed by atoms with Crippen LogP contribution >= 0.6 is 0 Å². The standard InChI is InChI=1S/C16H18O4/c1-3-4-5-6-13(17)14(18)9-7-12-8-10-15(19)16(11-12)20-2/h4-5,7-11,19H,3,6H2,1-2H3/b5-4-,9-7+. The van der Waals surface area contributed by atoms with Gasteiger partial charge in [0.2, 0.25) is 11.6 Å². The van der Waals surface area contributed by atoms with Crippen molar-refractivity contribution in [2.24, 2.45) is 0 Å². The third-order valence-corrected chi connectivity index (χ3v) is 2.61. The first kappa shape index (κ1) is 15.7. The number of ether oxygens (including phenoxy) is 1. The van der Waals surface area contributed by atoms with Crippen LogP contribution in [0.15, 0.2) is 36.4 Å². The van der Waals surface area contributed by atoms with E-state index in [4.69, 9.17) is 4.74 Å². The molecule has 1 aromatic rings. The Kier molecular flexibility index (Phi) is 6.23. The number of aromatic hydroxyl groups is 1. The van der Waals surface area contributed by atoms with Gasteiger partial charge in [-0.1, -0.05) is 31.2 Å². The molecule has 0 radical (unpaired) electrons. The SMILES string of the molecule is CC/C=C\CC(=O)C(=O)/C=C/c1ccc(O)c(OC)c1. The van der Waals surface area contributed by atoms with Gasteiger partial charge in [-0.05, 0) is 30.2 Å². The van der Waals surface area contributed by atoms with Crippen LogP contribution in [0.5, 0.6) is 11.5 Å². The number of carbonyl (C=O) groups excluding carboxylic acids is 2. The average molecular weight is 274 g/mol. The first-order valence-corrected chi connectivity index (χ1v) is 6.35. The molecular formula is C16H18O4. The molecule has 0 amide bonds. The summed E-state index contributed by atoms with van der Waals surface area (Å²) in [4.78, 5) is 23.1. The topological polar surface area (TPSA) is 63.6 Å². The van der Waals surface area contributed by atoms with Crippen LogP contribution in [-0.2, 0) is 9.59 Å². The van der Waals surface area contributed by atoms with E-state index in [1.165, 1.54) is 25.3 Å². The molecule has 20 heavy (non-hydrogen) atoms. The number of carbonyl (C=O) groups is 2. The minimum atomic E-state index is -0.544. The number of hydrogen-bond donors (Lipinski definition) is 1. The molecule has 0 saturated carbocycles. The lowest BCUT2D eigenvalue weighted by Crippen LogP contribution is -2.09. The summed E-state index contributed by atoms with van der Waals surface area (Å²) in [5.41, 5.74) is 0.671. The highest BCUT2D eigenvalue weighted by atomic mass is 16.5. The minimum Gasteiger partial charge on any atom is -0.504 e. The van der Waals surface area contributed by atoms with E-state index < -0.39 is 11.6 Å². The quantitative estimate of drug-likeness (QED) is 0.472. The second-order valence-electron chi connectivity index (χ2n) is 4.14. The van der Waals surface area contributed by atoms with Gasteiger partial charge in [-0.25, -0.2) is 0 Å². The Morgan fingerprint density at radius 3 is 2.70 bits per heavy atom. The molecule has 0 unspecified atom stereocenters. The van der Waals surface area contributed by atoms with Gasteiger partial charge in [-0.15, -0.1) is 0 Å². The van der Waals surface area contributed by atoms with Gasteiger partial charge in [-0.2, -0.15) is 0 Å². The van der Waals surface area contributed by atoms with E-state index in [1.807, 2.05) is 13.0 Å². The van der Waals surface area contributed by atoms with E-state index >= 15 is 0 Å². The average Bonchev–Trinajstić information content (AvgIpc) is 2.46. The molecule has 0 aliphatic rings. The Balaban J connectivity index is 2.70. The zero-order chi connectivity index (χ0) is 15.0. The molecule has 106 valence electrons. The predicted octanol–water partition coefficient (Wildman–Crippen LogP) is 2.91. The molecule has 4 nitrogen and oxygen atoms in total. The van der Waals surface area contributed by atoms with Crippen LogP contribution in [0.3, 0.4) is 0 Å². The maximum Gasteiger partial charge on any atom is 0.221 e. The van der Waals surface area contributed by atoms with Gasteiger partial charge in [-0.3, -0.25) is 9.59 Å². The molecule has 0 atom stereocenters. The maximum absolute atomic E-state index is 11.6. The Morgan fingerprint density at radius 2 is 2.05 bits per heavy atom. The Hall–Kier alpha value is -2.36. The number of allylic oxidation sites excluding steroid dienone is 3. The van der Waals surface area contributed by atoms with Gasteiger partial charge in [0.15, 0.2) is 11.5 Å². The number of Topliss-reactive ketones (excluding diaryl/α,β-unsaturated/α-hetero) is 1. The molecule has 0 fully saturated rings. The maximum atomic E-state index is 11.6. The summed E-state index contributed by atoms with van der Waals surface area (Å²) < 4.78 is 4.96. The lowest BCUT2D eigenvalue weighted by atomic mass is 10.1. The van der Waals surface area contributed by atoms with Gasteiger partial charge >= 0.3 is 0 Å². The third kappa shape index (κ3) is 4.72. The van der Waals surface area contributed by atoms with Crippen molar-refractivity contribution in [2.45, 2.75) is 19.8 Å². The number of ketones is 2. The molecule has 0 saturated heterocycles. The smallest absolute Gasteiger partial charge is 0.221 e. The fraction of sp³-hybridized carbons (Fsp3) is 0.250. The summed E-state index contributed by atoms with van der Waals surface area (Å²) in [6, 6.07) is 4.68. The van der Waals surface area contributed by atoms with Crippen molar-refractivity contribution in [3.63, 3.8) is 0 Å². The summed E-state index contributed by atoms with van der Waals surface area (Å²) in [6.45, 7) is 1.96. The summed E-state index contributed by atoms with van der Waals surface area (Å²) in [5.74, 6) is -0.650. The number of benzene rings is 1. The van der Waals surface area contributed by atoms with Gasteiger partial charge < -0.3 is 9.84 Å². The molecule has 0 aromatic heterocycles. The van der Waals surface area contributed by atoms with Crippen LogP contribution in [-0.4, -0.2) is 23.8 Å². The molecule has 1 rings (SSSR count). The highest BCUT2D eigenvalue weighted by Crippen LogP contribution is 2.26. The second kappa shape index (κ2) is 7.94. The monoisotopic (exact) mass is 274 g/mol. The van der Waals surface area contributed by atoms with Crippen molar-refractivity contribution in [3.05, 3.63) is 42.0 Å². The fourth-order valence-electron chi connectivity index (χ4n) is 1.52. The van der Waals surface area contributed by atoms with Crippen molar-refractivity contribution in [1.29, 1.82) is 0 Å². The van der Waals surface area contributed by atoms with E-state index in [-0.39, 0.29) is 12.2 Å². The van der Waals surface area contributed by atoms with Crippen molar-refractivity contribution in [3.8, 4) is 11.5 Å². The van der Waals surface area contributed by atoms with Crippen molar-refractivity contribution in [2.75, 3.05) is 7.11 Å². The highest BCUT2D eigenvalue weighted by molar-refractivity contribution is 6.42. The summed E-state index contributed by atoms with van der Waals surface area (Å²) in [6.07, 6.45) is 7.25. The zero-order valence-corrected chi connectivity index (χ0v) is 11.6. The molecule has 0 aliphatic carbocycles. The lowest BCUT2D eigenvalue weighted by Gasteiger charge is -2.03. The van der Waals surface area contributed by atoms with Crippen molar-refractivity contribution < 1.29 is 19.4 Å². The Morgan fingerprint density at radius 1 is 1.30 bits per heavy atom. The first-order valence-electron chi connectivity index (χ1n) is 6.35. The second-order valence-corrected chi connectivity index (χ2v) is 4.14. The van der Waals surface area contributed by atoms with E-state index in [1.54, 1.807) is 18.2 Å². The van der Waals surface area contributed by atoms with Gasteiger partial charge in [0.1, 0.15) is 0 Å².